The lowest BCUT2D eigenvalue weighted by molar-refractivity contribution is -0.128. The fourth-order valence-electron chi connectivity index (χ4n) is 2.39. The molecule has 0 heterocycles. The van der Waals surface area contributed by atoms with Crippen LogP contribution in [0.3, 0.4) is 0 Å². The van der Waals surface area contributed by atoms with Crippen molar-refractivity contribution in [2.75, 3.05) is 14.2 Å². The van der Waals surface area contributed by atoms with Gasteiger partial charge in [-0.3, -0.25) is 4.79 Å². The summed E-state index contributed by atoms with van der Waals surface area (Å²) < 4.78 is 10.6. The lowest BCUT2D eigenvalue weighted by Gasteiger charge is -2.28. The van der Waals surface area contributed by atoms with Crippen molar-refractivity contribution in [1.29, 1.82) is 0 Å². The number of carbonyl (C=O) groups is 1. The number of amides is 1. The Kier molecular flexibility index (Phi) is 8.43. The van der Waals surface area contributed by atoms with Crippen molar-refractivity contribution in [1.82, 2.24) is 4.90 Å². The number of nitrogens with zero attached hydrogens (tertiary/aromatic N) is 1. The Hall–Kier alpha value is -1.39. The number of benzene rings is 1. The quantitative estimate of drug-likeness (QED) is 0.615. The molecule has 134 valence electrons. The molecule has 0 aliphatic heterocycles. The van der Waals surface area contributed by atoms with E-state index in [1.54, 1.807) is 25.2 Å². The molecule has 0 fully saturated rings. The second-order valence-electron chi connectivity index (χ2n) is 5.78. The highest BCUT2D eigenvalue weighted by atomic mass is 35.5. The van der Waals surface area contributed by atoms with Gasteiger partial charge in [-0.2, -0.15) is 0 Å². The fourth-order valence-corrected chi connectivity index (χ4v) is 2.63. The summed E-state index contributed by atoms with van der Waals surface area (Å²) in [5.74, 6) is 1.39. The van der Waals surface area contributed by atoms with Crippen molar-refractivity contribution < 1.29 is 14.3 Å². The SMILES string of the molecule is C/C=C(/CC(C)C)N(Cc1ccc(OC)cc1OC)C(=O)C(Cl)Cl. The van der Waals surface area contributed by atoms with E-state index in [1.807, 2.05) is 25.1 Å². The molecule has 0 radical (unpaired) electrons. The van der Waals surface area contributed by atoms with E-state index in [-0.39, 0.29) is 5.91 Å². The first kappa shape index (κ1) is 20.7. The van der Waals surface area contributed by atoms with Crippen LogP contribution in [0, 0.1) is 5.92 Å². The third kappa shape index (κ3) is 5.60. The van der Waals surface area contributed by atoms with E-state index < -0.39 is 4.84 Å². The van der Waals surface area contributed by atoms with Gasteiger partial charge in [0.05, 0.1) is 20.8 Å². The summed E-state index contributed by atoms with van der Waals surface area (Å²) in [6.45, 7) is 6.42. The molecule has 0 saturated heterocycles. The number of hydrogen-bond acceptors (Lipinski definition) is 3. The molecule has 1 aromatic rings. The standard InChI is InChI=1S/C18H25Cl2NO3/c1-6-14(9-12(2)3)21(18(22)17(19)20)11-13-7-8-15(23-4)10-16(13)24-5/h6-8,10,12,17H,9,11H2,1-5H3/b14-6-. The van der Waals surface area contributed by atoms with Gasteiger partial charge >= 0.3 is 0 Å². The van der Waals surface area contributed by atoms with Crippen LogP contribution in [0.25, 0.3) is 0 Å². The number of halogens is 2. The normalized spacial score (nSPS) is 11.8. The zero-order chi connectivity index (χ0) is 18.3. The minimum Gasteiger partial charge on any atom is -0.497 e. The number of alkyl halides is 2. The Labute approximate surface area is 154 Å². The van der Waals surface area contributed by atoms with Crippen molar-refractivity contribution in [3.8, 4) is 11.5 Å². The van der Waals surface area contributed by atoms with E-state index in [4.69, 9.17) is 32.7 Å². The molecule has 0 aromatic heterocycles. The maximum absolute atomic E-state index is 12.5. The van der Waals surface area contributed by atoms with Crippen LogP contribution in [0.2, 0.25) is 0 Å². The Morgan fingerprint density at radius 1 is 1.25 bits per heavy atom. The van der Waals surface area contributed by atoms with Crippen molar-refractivity contribution in [3.05, 3.63) is 35.5 Å². The molecule has 0 spiro atoms. The molecule has 24 heavy (non-hydrogen) atoms. The summed E-state index contributed by atoms with van der Waals surface area (Å²) in [7, 11) is 3.18. The molecule has 1 aromatic carbocycles. The van der Waals surface area contributed by atoms with E-state index in [9.17, 15) is 4.79 Å². The van der Waals surface area contributed by atoms with E-state index in [2.05, 4.69) is 13.8 Å². The average Bonchev–Trinajstić information content (AvgIpc) is 2.56. The van der Waals surface area contributed by atoms with Crippen molar-refractivity contribution in [2.24, 2.45) is 5.92 Å². The Bertz CT molecular complexity index is 586. The van der Waals surface area contributed by atoms with Gasteiger partial charge in [-0.25, -0.2) is 0 Å². The number of ether oxygens (including phenoxy) is 2. The van der Waals surface area contributed by atoms with E-state index >= 15 is 0 Å². The predicted octanol–water partition coefficient (Wildman–Crippen LogP) is 4.79. The van der Waals surface area contributed by atoms with Gasteiger partial charge in [0.2, 0.25) is 0 Å². The first-order chi connectivity index (χ1) is 11.3. The van der Waals surface area contributed by atoms with Crippen LogP contribution in [0.5, 0.6) is 11.5 Å². The molecular formula is C18H25Cl2NO3. The predicted molar refractivity (Wildman–Crippen MR) is 98.8 cm³/mol. The molecule has 0 aliphatic carbocycles. The number of rotatable bonds is 8. The maximum atomic E-state index is 12.5. The number of hydrogen-bond donors (Lipinski definition) is 0. The van der Waals surface area contributed by atoms with Gasteiger partial charge in [-0.05, 0) is 31.4 Å². The Morgan fingerprint density at radius 2 is 1.92 bits per heavy atom. The summed E-state index contributed by atoms with van der Waals surface area (Å²) in [5.41, 5.74) is 1.74. The highest BCUT2D eigenvalue weighted by molar-refractivity contribution is 6.53. The molecule has 0 unspecified atom stereocenters. The Balaban J connectivity index is 3.20. The van der Waals surface area contributed by atoms with Gasteiger partial charge in [-0.1, -0.05) is 43.1 Å². The van der Waals surface area contributed by atoms with Gasteiger partial charge in [0.25, 0.3) is 5.91 Å². The summed E-state index contributed by atoms with van der Waals surface area (Å²) in [6, 6.07) is 5.49. The first-order valence-electron chi connectivity index (χ1n) is 7.79. The van der Waals surface area contributed by atoms with Crippen LogP contribution < -0.4 is 9.47 Å². The molecule has 4 nitrogen and oxygen atoms in total. The summed E-state index contributed by atoms with van der Waals surface area (Å²) in [6.07, 6.45) is 2.67. The van der Waals surface area contributed by atoms with E-state index in [0.717, 1.165) is 17.7 Å². The van der Waals surface area contributed by atoms with Gasteiger partial charge in [0, 0.05) is 17.3 Å². The third-order valence-corrected chi connectivity index (χ3v) is 3.95. The number of methoxy groups -OCH3 is 2. The van der Waals surface area contributed by atoms with Crippen molar-refractivity contribution >= 4 is 29.1 Å². The second-order valence-corrected chi connectivity index (χ2v) is 6.88. The van der Waals surface area contributed by atoms with Crippen LogP contribution in [-0.4, -0.2) is 29.9 Å². The topological polar surface area (TPSA) is 38.8 Å². The molecular weight excluding hydrogens is 349 g/mol. The number of allylic oxidation sites excluding steroid dienone is 2. The van der Waals surface area contributed by atoms with Crippen molar-refractivity contribution in [2.45, 2.75) is 38.6 Å². The second kappa shape index (κ2) is 9.80. The lowest BCUT2D eigenvalue weighted by atomic mass is 10.1. The Morgan fingerprint density at radius 3 is 2.38 bits per heavy atom. The maximum Gasteiger partial charge on any atom is 0.260 e. The monoisotopic (exact) mass is 373 g/mol. The van der Waals surface area contributed by atoms with Crippen molar-refractivity contribution in [3.63, 3.8) is 0 Å². The molecule has 0 N–H and O–H groups in total. The molecule has 1 amide bonds. The number of carbonyl (C=O) groups excluding carboxylic acids is 1. The highest BCUT2D eigenvalue weighted by Gasteiger charge is 2.25. The zero-order valence-corrected chi connectivity index (χ0v) is 16.3. The molecule has 0 bridgehead atoms. The van der Waals surface area contributed by atoms with Crippen LogP contribution in [0.1, 0.15) is 32.8 Å². The fraction of sp³-hybridized carbons (Fsp3) is 0.500. The smallest absolute Gasteiger partial charge is 0.260 e. The molecule has 0 aliphatic rings. The van der Waals surface area contributed by atoms with Gasteiger partial charge in [0.1, 0.15) is 11.5 Å². The van der Waals surface area contributed by atoms with Crippen LogP contribution in [0.15, 0.2) is 30.0 Å². The minimum absolute atomic E-state index is 0.328. The molecule has 0 saturated carbocycles. The summed E-state index contributed by atoms with van der Waals surface area (Å²) in [4.78, 5) is 13.0. The van der Waals surface area contributed by atoms with E-state index in [1.165, 1.54) is 0 Å². The largest absolute Gasteiger partial charge is 0.497 e. The van der Waals surface area contributed by atoms with Gasteiger partial charge in [-0.15, -0.1) is 0 Å². The average molecular weight is 374 g/mol. The molecule has 6 heteroatoms. The first-order valence-corrected chi connectivity index (χ1v) is 8.66. The van der Waals surface area contributed by atoms with E-state index in [0.29, 0.717) is 24.0 Å². The lowest BCUT2D eigenvalue weighted by Crippen LogP contribution is -2.34. The van der Waals surface area contributed by atoms with Crippen LogP contribution >= 0.6 is 23.2 Å². The zero-order valence-electron chi connectivity index (χ0n) is 14.8. The van der Waals surface area contributed by atoms with Crippen LogP contribution in [-0.2, 0) is 11.3 Å². The third-order valence-electron chi connectivity index (χ3n) is 3.57. The van der Waals surface area contributed by atoms with Gasteiger partial charge < -0.3 is 14.4 Å². The summed E-state index contributed by atoms with van der Waals surface area (Å²) >= 11 is 11.7. The van der Waals surface area contributed by atoms with Crippen LogP contribution in [0.4, 0.5) is 0 Å². The summed E-state index contributed by atoms with van der Waals surface area (Å²) in [5, 5.41) is 0. The highest BCUT2D eigenvalue weighted by Crippen LogP contribution is 2.29. The van der Waals surface area contributed by atoms with Gasteiger partial charge in [0.15, 0.2) is 4.84 Å². The molecule has 1 rings (SSSR count). The minimum atomic E-state index is -1.11. The molecule has 0 atom stereocenters.